The summed E-state index contributed by atoms with van der Waals surface area (Å²) in [4.78, 5) is 0. The van der Waals surface area contributed by atoms with E-state index >= 15 is 0 Å². The van der Waals surface area contributed by atoms with Gasteiger partial charge in [-0.1, -0.05) is 33.6 Å². The van der Waals surface area contributed by atoms with Gasteiger partial charge in [-0.3, -0.25) is 4.68 Å². The molecule has 0 spiro atoms. The van der Waals surface area contributed by atoms with Crippen molar-refractivity contribution in [3.8, 4) is 0 Å². The van der Waals surface area contributed by atoms with E-state index in [0.29, 0.717) is 5.41 Å². The minimum absolute atomic E-state index is 0.465. The number of nitrogens with zero attached hydrogens (tertiary/aromatic N) is 2. The molecule has 1 saturated carbocycles. The van der Waals surface area contributed by atoms with E-state index in [0.717, 1.165) is 25.4 Å². The van der Waals surface area contributed by atoms with Gasteiger partial charge in [-0.15, -0.1) is 0 Å². The molecule has 2 rings (SSSR count). The summed E-state index contributed by atoms with van der Waals surface area (Å²) < 4.78 is 2.22. The molecule has 1 aromatic rings. The molecule has 1 aliphatic carbocycles. The lowest BCUT2D eigenvalue weighted by Gasteiger charge is -2.30. The summed E-state index contributed by atoms with van der Waals surface area (Å²) in [5.74, 6) is 0.733. The molecule has 0 unspecified atom stereocenters. The average Bonchev–Trinajstić information content (AvgIpc) is 3.06. The third-order valence-corrected chi connectivity index (χ3v) is 4.85. The van der Waals surface area contributed by atoms with Crippen LogP contribution in [0.15, 0.2) is 6.07 Å². The number of aryl methyl sites for hydroxylation is 2. The molecule has 0 aliphatic heterocycles. The Morgan fingerprint density at radius 2 is 2.00 bits per heavy atom. The van der Waals surface area contributed by atoms with E-state index in [1.165, 1.54) is 50.0 Å². The molecule has 1 aliphatic rings. The highest BCUT2D eigenvalue weighted by molar-refractivity contribution is 5.13. The van der Waals surface area contributed by atoms with E-state index in [2.05, 4.69) is 43.8 Å². The summed E-state index contributed by atoms with van der Waals surface area (Å²) in [6.07, 6.45) is 7.76. The lowest BCUT2D eigenvalue weighted by Crippen LogP contribution is -2.36. The Hall–Kier alpha value is -0.830. The van der Waals surface area contributed by atoms with Gasteiger partial charge >= 0.3 is 0 Å². The van der Waals surface area contributed by atoms with Crippen LogP contribution in [-0.4, -0.2) is 22.9 Å². The molecule has 21 heavy (non-hydrogen) atoms. The molecule has 1 aromatic heterocycles. The van der Waals surface area contributed by atoms with Crippen LogP contribution in [-0.2, 0) is 19.4 Å². The summed E-state index contributed by atoms with van der Waals surface area (Å²) in [7, 11) is 0. The first-order valence-electron chi connectivity index (χ1n) is 8.85. The molecule has 120 valence electrons. The Kier molecular flexibility index (Phi) is 5.86. The molecule has 1 heterocycles. The maximum absolute atomic E-state index is 4.73. The highest BCUT2D eigenvalue weighted by Gasteiger charge is 2.34. The van der Waals surface area contributed by atoms with Gasteiger partial charge in [0.05, 0.1) is 5.69 Å². The van der Waals surface area contributed by atoms with Gasteiger partial charge < -0.3 is 5.32 Å². The van der Waals surface area contributed by atoms with E-state index < -0.39 is 0 Å². The van der Waals surface area contributed by atoms with Crippen LogP contribution in [0.4, 0.5) is 0 Å². The van der Waals surface area contributed by atoms with Crippen molar-refractivity contribution in [1.82, 2.24) is 15.1 Å². The van der Waals surface area contributed by atoms with E-state index in [-0.39, 0.29) is 0 Å². The molecule has 0 amide bonds. The molecule has 0 radical (unpaired) electrons. The summed E-state index contributed by atoms with van der Waals surface area (Å²) in [5, 5.41) is 8.44. The summed E-state index contributed by atoms with van der Waals surface area (Å²) in [6, 6.07) is 2.34. The standard InChI is InChI=1S/C18H33N3/c1-5-16-11-17(21(6-2)20-16)12-18(9-7-8-10-18)14-19-13-15(3)4/h11,15,19H,5-10,12-14H2,1-4H3. The zero-order valence-electron chi connectivity index (χ0n) is 14.4. The molecular weight excluding hydrogens is 258 g/mol. The van der Waals surface area contributed by atoms with Crippen LogP contribution in [0.5, 0.6) is 0 Å². The number of hydrogen-bond acceptors (Lipinski definition) is 2. The molecule has 0 bridgehead atoms. The first kappa shape index (κ1) is 16.5. The van der Waals surface area contributed by atoms with Crippen molar-refractivity contribution in [2.24, 2.45) is 11.3 Å². The Morgan fingerprint density at radius 1 is 1.29 bits per heavy atom. The smallest absolute Gasteiger partial charge is 0.0624 e. The van der Waals surface area contributed by atoms with E-state index in [1.54, 1.807) is 0 Å². The van der Waals surface area contributed by atoms with Crippen molar-refractivity contribution in [2.75, 3.05) is 13.1 Å². The van der Waals surface area contributed by atoms with Crippen LogP contribution < -0.4 is 5.32 Å². The number of rotatable bonds is 8. The normalized spacial score (nSPS) is 17.8. The highest BCUT2D eigenvalue weighted by Crippen LogP contribution is 2.40. The average molecular weight is 291 g/mol. The van der Waals surface area contributed by atoms with Crippen LogP contribution in [0, 0.1) is 11.3 Å². The van der Waals surface area contributed by atoms with Gasteiger partial charge in [0, 0.05) is 18.8 Å². The van der Waals surface area contributed by atoms with Crippen molar-refractivity contribution in [1.29, 1.82) is 0 Å². The minimum atomic E-state index is 0.465. The largest absolute Gasteiger partial charge is 0.316 e. The second-order valence-electron chi connectivity index (χ2n) is 7.20. The Bertz CT molecular complexity index is 428. The molecular formula is C18H33N3. The van der Waals surface area contributed by atoms with E-state index in [1.807, 2.05) is 0 Å². The Labute approximate surface area is 130 Å². The van der Waals surface area contributed by atoms with Crippen LogP contribution >= 0.6 is 0 Å². The zero-order chi connectivity index (χ0) is 15.3. The van der Waals surface area contributed by atoms with Gasteiger partial charge in [0.15, 0.2) is 0 Å². The second-order valence-corrected chi connectivity index (χ2v) is 7.20. The zero-order valence-corrected chi connectivity index (χ0v) is 14.4. The molecule has 0 saturated heterocycles. The van der Waals surface area contributed by atoms with Crippen molar-refractivity contribution < 1.29 is 0 Å². The van der Waals surface area contributed by atoms with Gasteiger partial charge in [0.25, 0.3) is 0 Å². The molecule has 1 fully saturated rings. The SMILES string of the molecule is CCc1cc(CC2(CNCC(C)C)CCCC2)n(CC)n1. The maximum Gasteiger partial charge on any atom is 0.0624 e. The third-order valence-electron chi connectivity index (χ3n) is 4.85. The number of hydrogen-bond donors (Lipinski definition) is 1. The monoisotopic (exact) mass is 291 g/mol. The fourth-order valence-corrected chi connectivity index (χ4v) is 3.66. The molecule has 3 nitrogen and oxygen atoms in total. The summed E-state index contributed by atoms with van der Waals surface area (Å²) in [6.45, 7) is 12.3. The van der Waals surface area contributed by atoms with Gasteiger partial charge in [0.1, 0.15) is 0 Å². The molecule has 0 aromatic carbocycles. The van der Waals surface area contributed by atoms with Gasteiger partial charge in [-0.2, -0.15) is 5.10 Å². The van der Waals surface area contributed by atoms with Crippen LogP contribution in [0.2, 0.25) is 0 Å². The third kappa shape index (κ3) is 4.32. The number of aromatic nitrogens is 2. The Balaban J connectivity index is 2.06. The highest BCUT2D eigenvalue weighted by atomic mass is 15.3. The lowest BCUT2D eigenvalue weighted by atomic mass is 9.81. The topological polar surface area (TPSA) is 29.9 Å². The predicted octanol–water partition coefficient (Wildman–Crippen LogP) is 3.81. The fraction of sp³-hybridized carbons (Fsp3) is 0.833. The van der Waals surface area contributed by atoms with Crippen molar-refractivity contribution >= 4 is 0 Å². The summed E-state index contributed by atoms with van der Waals surface area (Å²) >= 11 is 0. The molecule has 1 N–H and O–H groups in total. The quantitative estimate of drug-likeness (QED) is 0.789. The van der Waals surface area contributed by atoms with Gasteiger partial charge in [-0.25, -0.2) is 0 Å². The van der Waals surface area contributed by atoms with Crippen LogP contribution in [0.3, 0.4) is 0 Å². The van der Waals surface area contributed by atoms with Crippen LogP contribution in [0.25, 0.3) is 0 Å². The second kappa shape index (κ2) is 7.44. The fourth-order valence-electron chi connectivity index (χ4n) is 3.66. The first-order chi connectivity index (χ1) is 10.1. The molecule has 0 atom stereocenters. The minimum Gasteiger partial charge on any atom is -0.316 e. The van der Waals surface area contributed by atoms with Crippen molar-refractivity contribution in [3.63, 3.8) is 0 Å². The molecule has 3 heteroatoms. The van der Waals surface area contributed by atoms with Gasteiger partial charge in [0.2, 0.25) is 0 Å². The predicted molar refractivity (Wildman–Crippen MR) is 89.6 cm³/mol. The van der Waals surface area contributed by atoms with Crippen molar-refractivity contribution in [3.05, 3.63) is 17.5 Å². The maximum atomic E-state index is 4.73. The van der Waals surface area contributed by atoms with Crippen molar-refractivity contribution in [2.45, 2.75) is 72.8 Å². The first-order valence-corrected chi connectivity index (χ1v) is 8.85. The van der Waals surface area contributed by atoms with Crippen LogP contribution in [0.1, 0.15) is 64.8 Å². The van der Waals surface area contributed by atoms with E-state index in [9.17, 15) is 0 Å². The lowest BCUT2D eigenvalue weighted by molar-refractivity contribution is 0.266. The Morgan fingerprint density at radius 3 is 2.57 bits per heavy atom. The van der Waals surface area contributed by atoms with E-state index in [4.69, 9.17) is 5.10 Å². The summed E-state index contributed by atoms with van der Waals surface area (Å²) in [5.41, 5.74) is 3.16. The van der Waals surface area contributed by atoms with Gasteiger partial charge in [-0.05, 0) is 56.6 Å². The number of nitrogens with one attached hydrogen (secondary N) is 1.